The molecule has 2 fully saturated rings. The van der Waals surface area contributed by atoms with Crippen LogP contribution in [0.25, 0.3) is 0 Å². The number of hydrogen-bond donors (Lipinski definition) is 1. The minimum Gasteiger partial charge on any atom is -0.368 e. The van der Waals surface area contributed by atoms with E-state index in [1.54, 1.807) is 0 Å². The number of aryl methyl sites for hydroxylation is 1. The Morgan fingerprint density at radius 1 is 0.978 bits per heavy atom. The molecule has 5 nitrogen and oxygen atoms in total. The van der Waals surface area contributed by atoms with Gasteiger partial charge in [-0.1, -0.05) is 78.1 Å². The van der Waals surface area contributed by atoms with E-state index in [4.69, 9.17) is 0 Å². The first-order chi connectivity index (χ1) is 22.3. The van der Waals surface area contributed by atoms with Crippen molar-refractivity contribution in [2.45, 2.75) is 63.4 Å². The van der Waals surface area contributed by atoms with Crippen LogP contribution in [-0.2, 0) is 11.8 Å². The summed E-state index contributed by atoms with van der Waals surface area (Å²) in [5.41, 5.74) is 12.1. The monoisotopic (exact) mass is 637 g/mol. The van der Waals surface area contributed by atoms with E-state index in [1.165, 1.54) is 54.6 Å². The van der Waals surface area contributed by atoms with Crippen LogP contribution < -0.4 is 20.1 Å². The van der Waals surface area contributed by atoms with E-state index in [0.717, 1.165) is 56.2 Å². The molecule has 3 aromatic carbocycles. The summed E-state index contributed by atoms with van der Waals surface area (Å²) in [7, 11) is 4.90. The normalized spacial score (nSPS) is 20.8. The van der Waals surface area contributed by atoms with Crippen LogP contribution in [0.4, 0.5) is 17.1 Å². The third-order valence-corrected chi connectivity index (χ3v) is 11.9. The van der Waals surface area contributed by atoms with E-state index >= 15 is 0 Å². The molecule has 1 heterocycles. The first kappa shape index (κ1) is 34.2. The van der Waals surface area contributed by atoms with Gasteiger partial charge in [0.05, 0.1) is 0 Å². The maximum absolute atomic E-state index is 4.35. The third-order valence-electron chi connectivity index (χ3n) is 10.4. The summed E-state index contributed by atoms with van der Waals surface area (Å²) in [4.78, 5) is 7.19. The molecule has 4 unspecified atom stereocenters. The summed E-state index contributed by atoms with van der Waals surface area (Å²) < 4.78 is 0. The standard InChI is InChI=1S/C40H56N5P/c1-7-32(3)46-33(4)45(8-2)39-22-20-38(21-23-39)44-28-26-43(27-29-44)37-18-16-34(17-19-37)14-15-35-24-25-40(30-35,31-42(6)41-5)36-12-10-9-11-13-36/h8-13,16-23,32,35,41,46H,2,4,7,14-15,24-31H2,1,3,5-6H3. The first-order valence-corrected chi connectivity index (χ1v) is 18.4. The summed E-state index contributed by atoms with van der Waals surface area (Å²) in [5, 5.41) is 2.26. The van der Waals surface area contributed by atoms with Gasteiger partial charge >= 0.3 is 0 Å². The zero-order valence-electron chi connectivity index (χ0n) is 28.7. The molecular weight excluding hydrogens is 581 g/mol. The molecule has 46 heavy (non-hydrogen) atoms. The van der Waals surface area contributed by atoms with Crippen molar-refractivity contribution in [3.8, 4) is 0 Å². The number of rotatable bonds is 15. The zero-order chi connectivity index (χ0) is 32.5. The first-order valence-electron chi connectivity index (χ1n) is 17.3. The summed E-state index contributed by atoms with van der Waals surface area (Å²) in [6.07, 6.45) is 9.36. The number of nitrogens with zero attached hydrogens (tertiary/aromatic N) is 4. The van der Waals surface area contributed by atoms with Crippen LogP contribution in [0.5, 0.6) is 0 Å². The van der Waals surface area contributed by atoms with E-state index in [0.29, 0.717) is 14.2 Å². The quantitative estimate of drug-likeness (QED) is 0.133. The Balaban J connectivity index is 1.11. The SMILES string of the molecule is C=CN(C(=C)PC(C)CC)c1ccc(N2CCN(c3ccc(CCC4CCC(CN(C)NC)(c5ccccc5)C4)cc3)CC2)cc1. The molecule has 0 spiro atoms. The highest BCUT2D eigenvalue weighted by Gasteiger charge is 2.40. The fourth-order valence-corrected chi connectivity index (χ4v) is 8.56. The van der Waals surface area contributed by atoms with Crippen molar-refractivity contribution < 1.29 is 0 Å². The van der Waals surface area contributed by atoms with Gasteiger partial charge in [-0.25, -0.2) is 5.01 Å². The highest BCUT2D eigenvalue weighted by molar-refractivity contribution is 7.44. The second-order valence-corrected chi connectivity index (χ2v) is 15.3. The Kier molecular flexibility index (Phi) is 12.0. The Labute approximate surface area is 281 Å². The fraction of sp³-hybridized carbons (Fsp3) is 0.450. The van der Waals surface area contributed by atoms with Crippen LogP contribution in [0, 0.1) is 5.92 Å². The zero-order valence-corrected chi connectivity index (χ0v) is 29.7. The molecule has 0 radical (unpaired) electrons. The van der Waals surface area contributed by atoms with Crippen LogP contribution in [0.1, 0.15) is 57.1 Å². The predicted molar refractivity (Wildman–Crippen MR) is 203 cm³/mol. The Bertz CT molecular complexity index is 1380. The molecule has 4 atom stereocenters. The molecule has 0 bridgehead atoms. The predicted octanol–water partition coefficient (Wildman–Crippen LogP) is 8.65. The lowest BCUT2D eigenvalue weighted by Crippen LogP contribution is -2.46. The van der Waals surface area contributed by atoms with Crippen LogP contribution in [-0.4, -0.2) is 57.5 Å². The molecule has 0 amide bonds. The van der Waals surface area contributed by atoms with Gasteiger partial charge in [-0.05, 0) is 105 Å². The van der Waals surface area contributed by atoms with Crippen LogP contribution >= 0.6 is 8.58 Å². The van der Waals surface area contributed by atoms with Crippen molar-refractivity contribution >= 4 is 25.6 Å². The lowest BCUT2D eigenvalue weighted by Gasteiger charge is -2.37. The minimum absolute atomic E-state index is 0.242. The smallest absolute Gasteiger partial charge is 0.0456 e. The van der Waals surface area contributed by atoms with Gasteiger partial charge in [0.2, 0.25) is 0 Å². The number of anilines is 3. The molecule has 5 rings (SSSR count). The molecule has 1 aliphatic heterocycles. The second-order valence-electron chi connectivity index (χ2n) is 13.5. The van der Waals surface area contributed by atoms with Crippen LogP contribution in [0.2, 0.25) is 0 Å². The van der Waals surface area contributed by atoms with Gasteiger partial charge in [0.25, 0.3) is 0 Å². The molecule has 1 N–H and O–H groups in total. The Morgan fingerprint density at radius 2 is 1.59 bits per heavy atom. The average molecular weight is 638 g/mol. The topological polar surface area (TPSA) is 25.0 Å². The van der Waals surface area contributed by atoms with Gasteiger partial charge in [-0.3, -0.25) is 5.43 Å². The summed E-state index contributed by atoms with van der Waals surface area (Å²) in [5.74, 6) is 0.774. The van der Waals surface area contributed by atoms with E-state index in [2.05, 4.69) is 138 Å². The van der Waals surface area contributed by atoms with Crippen molar-refractivity contribution in [2.75, 3.05) is 61.5 Å². The number of piperazine rings is 1. The molecule has 1 aliphatic carbocycles. The molecule has 0 aromatic heterocycles. The molecule has 1 saturated carbocycles. The van der Waals surface area contributed by atoms with Crippen LogP contribution in [0.3, 0.4) is 0 Å². The molecule has 1 saturated heterocycles. The lowest BCUT2D eigenvalue weighted by atomic mass is 9.77. The Morgan fingerprint density at radius 3 is 2.15 bits per heavy atom. The average Bonchev–Trinajstić information content (AvgIpc) is 3.52. The Hall–Kier alpha value is -3.11. The molecular formula is C40H56N5P. The molecule has 6 heteroatoms. The third kappa shape index (κ3) is 8.42. The van der Waals surface area contributed by atoms with Crippen molar-refractivity contribution in [1.82, 2.24) is 10.4 Å². The molecule has 3 aromatic rings. The lowest BCUT2D eigenvalue weighted by molar-refractivity contribution is 0.190. The van der Waals surface area contributed by atoms with Crippen molar-refractivity contribution in [3.63, 3.8) is 0 Å². The highest BCUT2D eigenvalue weighted by atomic mass is 31.1. The van der Waals surface area contributed by atoms with Gasteiger partial charge in [0, 0.05) is 73.9 Å². The van der Waals surface area contributed by atoms with Crippen molar-refractivity contribution in [1.29, 1.82) is 0 Å². The van der Waals surface area contributed by atoms with Crippen molar-refractivity contribution in [3.05, 3.63) is 115 Å². The minimum atomic E-state index is 0.242. The maximum atomic E-state index is 4.35. The number of nitrogens with one attached hydrogen (secondary N) is 1. The number of hydrogen-bond acceptors (Lipinski definition) is 5. The fourth-order valence-electron chi connectivity index (χ4n) is 7.42. The van der Waals surface area contributed by atoms with Gasteiger partial charge in [-0.15, -0.1) is 0 Å². The van der Waals surface area contributed by atoms with E-state index < -0.39 is 0 Å². The van der Waals surface area contributed by atoms with E-state index in [-0.39, 0.29) is 5.41 Å². The van der Waals surface area contributed by atoms with Gasteiger partial charge in [0.1, 0.15) is 0 Å². The van der Waals surface area contributed by atoms with Gasteiger partial charge in [-0.2, -0.15) is 0 Å². The maximum Gasteiger partial charge on any atom is 0.0456 e. The van der Waals surface area contributed by atoms with Gasteiger partial charge < -0.3 is 14.7 Å². The van der Waals surface area contributed by atoms with Crippen LogP contribution in [0.15, 0.2) is 104 Å². The number of likely N-dealkylation sites (N-methyl/N-ethyl adjacent to an activating group) is 1. The summed E-state index contributed by atoms with van der Waals surface area (Å²) >= 11 is 0. The highest BCUT2D eigenvalue weighted by Crippen LogP contribution is 2.46. The molecule has 246 valence electrons. The van der Waals surface area contributed by atoms with E-state index in [9.17, 15) is 0 Å². The van der Waals surface area contributed by atoms with Crippen molar-refractivity contribution in [2.24, 2.45) is 5.92 Å². The summed E-state index contributed by atoms with van der Waals surface area (Å²) in [6.45, 7) is 18.1. The largest absolute Gasteiger partial charge is 0.368 e. The number of hydrazine groups is 1. The number of benzene rings is 3. The second kappa shape index (κ2) is 16.1. The summed E-state index contributed by atoms with van der Waals surface area (Å²) in [6, 6.07) is 29.6. The molecule has 2 aliphatic rings. The van der Waals surface area contributed by atoms with E-state index in [1.807, 2.05) is 13.2 Å². The van der Waals surface area contributed by atoms with Gasteiger partial charge in [0.15, 0.2) is 0 Å².